The predicted molar refractivity (Wildman–Crippen MR) is 322 cm³/mol. The van der Waals surface area contributed by atoms with Crippen LogP contribution in [-0.2, 0) is 33.4 Å². The van der Waals surface area contributed by atoms with Crippen molar-refractivity contribution in [2.75, 3.05) is 32.8 Å². The summed E-state index contributed by atoms with van der Waals surface area (Å²) in [7, 11) is 0. The molecule has 1 saturated heterocycles. The molecule has 0 radical (unpaired) electrons. The van der Waals surface area contributed by atoms with Crippen LogP contribution in [0.3, 0.4) is 0 Å². The van der Waals surface area contributed by atoms with Crippen LogP contribution in [0, 0.1) is 11.8 Å². The number of hydrogen-bond donors (Lipinski definition) is 0. The number of hydrogen-bond acceptors (Lipinski definition) is 8. The molecule has 8 nitrogen and oxygen atoms in total. The summed E-state index contributed by atoms with van der Waals surface area (Å²) in [5.74, 6) is 1.75. The standard InChI is InChI=1S/C26H51NO2.C26H50O4.C6H14.C4H7O.C4H10.Cs/c1-3-5-10-17-25(18-11-6-4-2)19-16-24-29-26(28)20-12-8-7-9-13-21-27-22-14-15-23-27;1-3-5-7-9-12-16-20-25(21-17-13-10-8-6-4-2)30-26(28)22-18-14-11-15-19-23-29-24-27;1-4-5-6(2)3;1-2-3-4-5;1-3-4-2;/h25H,3-24H2,1-2H3;24-25H,3-23H2,1-2H3;6H,4-5H2,1-3H3;2-3H2,1H3;3-4H2,1-2H3;/q;;;-1;;+1. The van der Waals surface area contributed by atoms with Crippen LogP contribution in [0.25, 0.3) is 0 Å². The molecular weight excluding hydrogens is 1050 g/mol. The molecule has 0 atom stereocenters. The number of carbonyl (C=O) groups is 3. The second-order valence-electron chi connectivity index (χ2n) is 22.1. The number of carbonyl (C=O) groups excluding carboxylic acids is 4. The van der Waals surface area contributed by atoms with Crippen molar-refractivity contribution >= 4 is 24.7 Å². The summed E-state index contributed by atoms with van der Waals surface area (Å²) >= 11 is 0. The van der Waals surface area contributed by atoms with Gasteiger partial charge in [0, 0.05) is 12.8 Å². The number of rotatable bonds is 49. The fourth-order valence-electron chi connectivity index (χ4n) is 9.09. The molecule has 1 fully saturated rings. The summed E-state index contributed by atoms with van der Waals surface area (Å²) in [6.07, 6.45) is 54.2. The maximum Gasteiger partial charge on any atom is 1.00 e. The zero-order valence-electron chi connectivity index (χ0n) is 52.8. The summed E-state index contributed by atoms with van der Waals surface area (Å²) in [5.41, 5.74) is 0. The predicted octanol–water partition coefficient (Wildman–Crippen LogP) is 17.6. The van der Waals surface area contributed by atoms with Crippen molar-refractivity contribution in [2.24, 2.45) is 11.8 Å². The normalized spacial score (nSPS) is 11.8. The van der Waals surface area contributed by atoms with Crippen LogP contribution in [0.2, 0.25) is 0 Å². The molecule has 0 N–H and O–H groups in total. The minimum atomic E-state index is -0.0127. The maximum atomic E-state index is 12.3. The minimum Gasteiger partial charge on any atom is -0.542 e. The van der Waals surface area contributed by atoms with Crippen molar-refractivity contribution in [3.63, 3.8) is 0 Å². The second kappa shape index (κ2) is 76.2. The number of unbranched alkanes of at least 4 members (excludes halogenated alkanes) is 24. The molecule has 1 aliphatic rings. The van der Waals surface area contributed by atoms with Gasteiger partial charge in [0.1, 0.15) is 6.10 Å². The molecule has 9 heteroatoms. The largest absolute Gasteiger partial charge is 1.00 e. The summed E-state index contributed by atoms with van der Waals surface area (Å²) in [6, 6.07) is 0. The molecule has 0 spiro atoms. The topological polar surface area (TPSA) is 99.2 Å². The van der Waals surface area contributed by atoms with Gasteiger partial charge in [-0.25, -0.2) is 0 Å². The molecule has 75 heavy (non-hydrogen) atoms. The van der Waals surface area contributed by atoms with Crippen molar-refractivity contribution in [1.82, 2.24) is 4.90 Å². The molecule has 1 aliphatic heterocycles. The first-order valence-electron chi connectivity index (χ1n) is 32.6. The van der Waals surface area contributed by atoms with Crippen LogP contribution in [0.15, 0.2) is 0 Å². The molecule has 1 rings (SSSR count). The molecule has 0 aliphatic carbocycles. The zero-order chi connectivity index (χ0) is 55.6. The molecule has 0 unspecified atom stereocenters. The average molecular weight is 1180 g/mol. The van der Waals surface area contributed by atoms with Crippen LogP contribution < -0.4 is 68.9 Å². The molecule has 0 aromatic carbocycles. The van der Waals surface area contributed by atoms with E-state index in [1.807, 2.05) is 6.92 Å². The van der Waals surface area contributed by atoms with E-state index in [2.05, 4.69) is 72.0 Å². The number of ether oxygens (including phenoxy) is 3. The Kier molecular flexibility index (Phi) is 85.2. The molecule has 444 valence electrons. The molecule has 0 aromatic rings. The van der Waals surface area contributed by atoms with Gasteiger partial charge in [-0.05, 0) is 109 Å². The van der Waals surface area contributed by atoms with Gasteiger partial charge in [-0.15, -0.1) is 0 Å². The van der Waals surface area contributed by atoms with Gasteiger partial charge in [-0.1, -0.05) is 255 Å². The van der Waals surface area contributed by atoms with Gasteiger partial charge in [-0.3, -0.25) is 20.7 Å². The first-order valence-corrected chi connectivity index (χ1v) is 32.6. The average Bonchev–Trinajstić information content (AvgIpc) is 3.92. The summed E-state index contributed by atoms with van der Waals surface area (Å²) in [4.78, 5) is 46.2. The first kappa shape index (κ1) is 83.9. The van der Waals surface area contributed by atoms with Crippen LogP contribution in [-0.4, -0.2) is 68.5 Å². The van der Waals surface area contributed by atoms with E-state index in [9.17, 15) is 19.2 Å². The van der Waals surface area contributed by atoms with E-state index in [1.54, 1.807) is 6.29 Å². The Hall–Kier alpha value is 0.0919. The maximum absolute atomic E-state index is 12.3. The zero-order valence-corrected chi connectivity index (χ0v) is 59.0. The number of likely N-dealkylation sites (tertiary alicyclic amines) is 1. The summed E-state index contributed by atoms with van der Waals surface area (Å²) < 4.78 is 16.0. The Labute approximate surface area is 529 Å². The van der Waals surface area contributed by atoms with Crippen LogP contribution in [0.5, 0.6) is 0 Å². The molecule has 0 aromatic heterocycles. The Morgan fingerprint density at radius 3 is 1.32 bits per heavy atom. The fraction of sp³-hybridized carbons (Fsp3) is 0.939. The molecule has 0 saturated carbocycles. The molecule has 0 amide bonds. The van der Waals surface area contributed by atoms with Gasteiger partial charge in [0.15, 0.2) is 0 Å². The van der Waals surface area contributed by atoms with E-state index in [0.717, 1.165) is 76.0 Å². The second-order valence-corrected chi connectivity index (χ2v) is 22.1. The summed E-state index contributed by atoms with van der Waals surface area (Å²) in [5, 5.41) is 0. The quantitative estimate of drug-likeness (QED) is 0.0195. The number of esters is 2. The third-order valence-electron chi connectivity index (χ3n) is 14.0. The fourth-order valence-corrected chi connectivity index (χ4v) is 9.09. The minimum absolute atomic E-state index is 0. The van der Waals surface area contributed by atoms with Gasteiger partial charge in [-0.2, -0.15) is 6.42 Å². The van der Waals surface area contributed by atoms with Gasteiger partial charge < -0.3 is 23.9 Å². The van der Waals surface area contributed by atoms with Gasteiger partial charge >= 0.3 is 80.8 Å². The van der Waals surface area contributed by atoms with E-state index >= 15 is 0 Å². The number of nitrogens with zero attached hydrogens (tertiary/aromatic N) is 1. The molecular formula is C66H132CsNO7. The van der Waals surface area contributed by atoms with Crippen molar-refractivity contribution in [2.45, 2.75) is 358 Å². The van der Waals surface area contributed by atoms with Gasteiger partial charge in [0.2, 0.25) is 0 Å². The summed E-state index contributed by atoms with van der Waals surface area (Å²) in [6.45, 7) is 27.6. The third kappa shape index (κ3) is 78.4. The Morgan fingerprint density at radius 1 is 0.467 bits per heavy atom. The van der Waals surface area contributed by atoms with Crippen molar-refractivity contribution in [1.29, 1.82) is 0 Å². The smallest absolute Gasteiger partial charge is 0.542 e. The van der Waals surface area contributed by atoms with E-state index in [1.165, 1.54) is 219 Å². The van der Waals surface area contributed by atoms with Crippen molar-refractivity contribution in [3.05, 3.63) is 0 Å². The Bertz CT molecular complexity index is 1040. The molecule has 1 heterocycles. The molecule has 0 bridgehead atoms. The Morgan fingerprint density at radius 2 is 0.893 bits per heavy atom. The van der Waals surface area contributed by atoms with E-state index < -0.39 is 0 Å². The van der Waals surface area contributed by atoms with Crippen LogP contribution in [0.1, 0.15) is 352 Å². The monoisotopic (exact) mass is 1180 g/mol. The third-order valence-corrected chi connectivity index (χ3v) is 14.0. The SMILES string of the molecule is CCCC.CCCC(C)C.CCCCCC(CCCCC)CCCOC(=O)CCCCCCCN1CCCC1.CCCCCCCCC(CCCCCCCC)OC(=O)CCCCCCCOC=O.CCC[C-]=O.[Cs+]. The van der Waals surface area contributed by atoms with E-state index in [4.69, 9.17) is 9.47 Å². The van der Waals surface area contributed by atoms with Crippen molar-refractivity contribution < 1.29 is 102 Å². The van der Waals surface area contributed by atoms with E-state index in [-0.39, 0.29) is 86.9 Å². The van der Waals surface area contributed by atoms with Gasteiger partial charge in [0.05, 0.1) is 13.2 Å². The van der Waals surface area contributed by atoms with E-state index in [0.29, 0.717) is 38.9 Å². The first-order chi connectivity index (χ1) is 36.1. The van der Waals surface area contributed by atoms with Gasteiger partial charge in [0.25, 0.3) is 6.47 Å². The van der Waals surface area contributed by atoms with Crippen LogP contribution >= 0.6 is 0 Å². The van der Waals surface area contributed by atoms with Crippen molar-refractivity contribution in [3.8, 4) is 0 Å². The van der Waals surface area contributed by atoms with Crippen LogP contribution in [0.4, 0.5) is 0 Å². The Balaban J connectivity index is -0.000000338.